The summed E-state index contributed by atoms with van der Waals surface area (Å²) in [6.45, 7) is 16.2. The number of aryl methyl sites for hydroxylation is 2. The number of allylic oxidation sites excluding steroid dienone is 1. The molecule has 3 aromatic rings. The van der Waals surface area contributed by atoms with Crippen LogP contribution in [0, 0.1) is 60.2 Å². The Balaban J connectivity index is 0.961. The third-order valence-electron chi connectivity index (χ3n) is 14.8. The molecule has 5 nitrogen and oxygen atoms in total. The van der Waals surface area contributed by atoms with Crippen molar-refractivity contribution in [2.75, 3.05) is 6.61 Å². The van der Waals surface area contributed by atoms with Gasteiger partial charge in [-0.3, -0.25) is 0 Å². The minimum atomic E-state index is -0.342. The molecule has 0 saturated heterocycles. The molecule has 0 aliphatic heterocycles. The molecule has 0 N–H and O–H groups in total. The lowest BCUT2D eigenvalue weighted by molar-refractivity contribution is -0.153. The quantitative estimate of drug-likeness (QED) is 0.113. The lowest BCUT2D eigenvalue weighted by Crippen LogP contribution is -2.51. The van der Waals surface area contributed by atoms with E-state index in [4.69, 9.17) is 13.9 Å². The van der Waals surface area contributed by atoms with Gasteiger partial charge >= 0.3 is 11.6 Å². The summed E-state index contributed by atoms with van der Waals surface area (Å²) in [6.07, 6.45) is 16.7. The smallest absolute Gasteiger partial charge is 0.344 e. The van der Waals surface area contributed by atoms with E-state index < -0.39 is 0 Å². The summed E-state index contributed by atoms with van der Waals surface area (Å²) in [6, 6.07) is 13.8. The van der Waals surface area contributed by atoms with E-state index in [1.165, 1.54) is 56.9 Å². The molecule has 2 aromatic carbocycles. The van der Waals surface area contributed by atoms with E-state index in [0.29, 0.717) is 34.3 Å². The predicted octanol–water partition coefficient (Wildman–Crippen LogP) is 11.3. The molecule has 1 heterocycles. The van der Waals surface area contributed by atoms with Crippen LogP contribution in [0.25, 0.3) is 11.0 Å². The topological polar surface area (TPSA) is 65.7 Å². The van der Waals surface area contributed by atoms with Crippen molar-refractivity contribution < 1.29 is 18.7 Å². The van der Waals surface area contributed by atoms with E-state index >= 15 is 0 Å². The molecule has 1 aromatic heterocycles. The highest BCUT2D eigenvalue weighted by Gasteiger charge is 2.59. The van der Waals surface area contributed by atoms with Crippen molar-refractivity contribution in [1.82, 2.24) is 0 Å². The molecule has 8 atom stereocenters. The second kappa shape index (κ2) is 14.8. The number of fused-ring (bicyclic) bond motifs is 6. The molecule has 0 amide bonds. The largest absolute Gasteiger partial charge is 0.481 e. The monoisotopic (exact) mass is 706 g/mol. The molecule has 0 radical (unpaired) electrons. The zero-order chi connectivity index (χ0) is 36.8. The summed E-state index contributed by atoms with van der Waals surface area (Å²) >= 11 is 0. The number of rotatable bonds is 11. The van der Waals surface area contributed by atoms with Gasteiger partial charge < -0.3 is 13.9 Å². The van der Waals surface area contributed by atoms with E-state index in [-0.39, 0.29) is 29.7 Å². The number of carbonyl (C=O) groups is 1. The van der Waals surface area contributed by atoms with Crippen molar-refractivity contribution in [3.8, 4) is 5.75 Å². The lowest BCUT2D eigenvalue weighted by Gasteiger charge is -2.58. The molecule has 3 fully saturated rings. The molecule has 0 unspecified atom stereocenters. The normalized spacial score (nSPS) is 30.3. The maximum atomic E-state index is 13.2. The second-order valence-corrected chi connectivity index (χ2v) is 18.2. The molecule has 0 spiro atoms. The molecule has 280 valence electrons. The predicted molar refractivity (Wildman–Crippen MR) is 210 cm³/mol. The third kappa shape index (κ3) is 6.91. The first-order chi connectivity index (χ1) is 24.9. The summed E-state index contributed by atoms with van der Waals surface area (Å²) in [5, 5.41) is 0.883. The van der Waals surface area contributed by atoms with E-state index in [9.17, 15) is 9.59 Å². The molecule has 4 aliphatic rings. The van der Waals surface area contributed by atoms with Gasteiger partial charge in [-0.15, -0.1) is 0 Å². The number of benzene rings is 2. The first-order valence-electron chi connectivity index (χ1n) is 20.5. The number of esters is 1. The van der Waals surface area contributed by atoms with Crippen LogP contribution >= 0.6 is 0 Å². The highest BCUT2D eigenvalue weighted by Crippen LogP contribution is 2.67. The summed E-state index contributed by atoms with van der Waals surface area (Å²) in [5.41, 5.74) is 5.76. The molecule has 0 bridgehead atoms. The van der Waals surface area contributed by atoms with E-state index in [1.54, 1.807) is 0 Å². The number of carbonyl (C=O) groups excluding carboxylic acids is 1. The van der Waals surface area contributed by atoms with Gasteiger partial charge in [0.05, 0.1) is 0 Å². The molecular formula is C47H62O5. The van der Waals surface area contributed by atoms with Crippen molar-refractivity contribution >= 4 is 16.9 Å². The van der Waals surface area contributed by atoms with Gasteiger partial charge in [-0.2, -0.15) is 0 Å². The molecule has 4 aliphatic carbocycles. The van der Waals surface area contributed by atoms with Crippen LogP contribution in [0.5, 0.6) is 5.75 Å². The average molecular weight is 707 g/mol. The molecular weight excluding hydrogens is 645 g/mol. The SMILES string of the molecule is Cc1c(Cc2ccccc2)c(=O)oc2c(C)c(OCC(=O)O[C@H]3CC[C@@]4(C)C(=CC[C@H]5[C@H]6CC[C@H]([C@H](C)CCCC(C)C)[C@@]6(C)CC[C@H]54)C3)ccc12. The summed E-state index contributed by atoms with van der Waals surface area (Å²) in [5.74, 6) is 5.09. The highest BCUT2D eigenvalue weighted by atomic mass is 16.6. The Kier molecular flexibility index (Phi) is 10.5. The van der Waals surface area contributed by atoms with E-state index in [2.05, 4.69) is 40.7 Å². The van der Waals surface area contributed by atoms with Gasteiger partial charge in [-0.05, 0) is 128 Å². The van der Waals surface area contributed by atoms with Gasteiger partial charge in [0.1, 0.15) is 17.4 Å². The zero-order valence-electron chi connectivity index (χ0n) is 32.9. The van der Waals surface area contributed by atoms with Crippen LogP contribution in [0.15, 0.2) is 63.3 Å². The first kappa shape index (κ1) is 37.0. The minimum Gasteiger partial charge on any atom is -0.481 e. The fraction of sp³-hybridized carbons (Fsp3) is 0.617. The van der Waals surface area contributed by atoms with Crippen molar-refractivity contribution in [2.24, 2.45) is 46.3 Å². The Morgan fingerprint density at radius 2 is 1.71 bits per heavy atom. The Labute approximate surface area is 311 Å². The lowest BCUT2D eigenvalue weighted by atomic mass is 9.47. The average Bonchev–Trinajstić information content (AvgIpc) is 3.48. The van der Waals surface area contributed by atoms with E-state index in [0.717, 1.165) is 71.3 Å². The van der Waals surface area contributed by atoms with Gasteiger partial charge in [0.25, 0.3) is 0 Å². The Hall–Kier alpha value is -3.34. The van der Waals surface area contributed by atoms with Gasteiger partial charge in [0, 0.05) is 29.4 Å². The van der Waals surface area contributed by atoms with Crippen LogP contribution in [0.2, 0.25) is 0 Å². The fourth-order valence-corrected chi connectivity index (χ4v) is 11.8. The van der Waals surface area contributed by atoms with Crippen LogP contribution in [-0.4, -0.2) is 18.7 Å². The van der Waals surface area contributed by atoms with Crippen LogP contribution in [-0.2, 0) is 16.0 Å². The maximum absolute atomic E-state index is 13.2. The van der Waals surface area contributed by atoms with Crippen molar-refractivity contribution in [2.45, 2.75) is 132 Å². The molecule has 3 saturated carbocycles. The van der Waals surface area contributed by atoms with Gasteiger partial charge in [-0.25, -0.2) is 9.59 Å². The van der Waals surface area contributed by atoms with Gasteiger partial charge in [-0.1, -0.05) is 95.9 Å². The molecule has 52 heavy (non-hydrogen) atoms. The van der Waals surface area contributed by atoms with Crippen LogP contribution in [0.3, 0.4) is 0 Å². The number of hydrogen-bond acceptors (Lipinski definition) is 5. The van der Waals surface area contributed by atoms with Crippen molar-refractivity contribution in [3.05, 3.63) is 86.8 Å². The van der Waals surface area contributed by atoms with Gasteiger partial charge in [0.2, 0.25) is 0 Å². The standard InChI is InChI=1S/C47H62O5/c1-29(2)12-11-13-30(3)39-19-20-40-37-17-16-34-27-35(22-24-46(34,6)41(37)23-25-47(39,40)7)51-43(48)28-50-42-21-18-36-31(4)38(26-33-14-9-8-10-15-33)45(49)52-44(36)32(42)5/h8-10,14-16,18,21,29-30,35,37,39-41H,11-13,17,19-20,22-28H2,1-7H3/t30-,35+,37+,39-,40-,41-,46+,47-/m1/s1. The number of hydrogen-bond donors (Lipinski definition) is 0. The Morgan fingerprint density at radius 3 is 2.48 bits per heavy atom. The Bertz CT molecular complexity index is 1850. The van der Waals surface area contributed by atoms with Crippen LogP contribution in [0.1, 0.15) is 128 Å². The third-order valence-corrected chi connectivity index (χ3v) is 14.8. The Morgan fingerprint density at radius 1 is 0.923 bits per heavy atom. The zero-order valence-corrected chi connectivity index (χ0v) is 32.9. The summed E-state index contributed by atoms with van der Waals surface area (Å²) in [7, 11) is 0. The summed E-state index contributed by atoms with van der Waals surface area (Å²) < 4.78 is 17.9. The maximum Gasteiger partial charge on any atom is 0.344 e. The second-order valence-electron chi connectivity index (χ2n) is 18.2. The fourth-order valence-electron chi connectivity index (χ4n) is 11.8. The molecule has 7 rings (SSSR count). The van der Waals surface area contributed by atoms with Crippen molar-refractivity contribution in [3.63, 3.8) is 0 Å². The van der Waals surface area contributed by atoms with Crippen molar-refractivity contribution in [1.29, 1.82) is 0 Å². The van der Waals surface area contributed by atoms with Gasteiger partial charge in [0.15, 0.2) is 6.61 Å². The summed E-state index contributed by atoms with van der Waals surface area (Å²) in [4.78, 5) is 26.2. The highest BCUT2D eigenvalue weighted by molar-refractivity contribution is 5.86. The first-order valence-corrected chi connectivity index (χ1v) is 20.5. The van der Waals surface area contributed by atoms with E-state index in [1.807, 2.05) is 56.3 Å². The number of ether oxygens (including phenoxy) is 2. The van der Waals surface area contributed by atoms with Crippen LogP contribution < -0.4 is 10.4 Å². The minimum absolute atomic E-state index is 0.107. The molecule has 5 heteroatoms. The van der Waals surface area contributed by atoms with Crippen LogP contribution in [0.4, 0.5) is 0 Å².